The summed E-state index contributed by atoms with van der Waals surface area (Å²) >= 11 is 0. The van der Waals surface area contributed by atoms with Crippen LogP contribution in [0.2, 0.25) is 0 Å². The summed E-state index contributed by atoms with van der Waals surface area (Å²) in [6.45, 7) is -1.78. The molecule has 0 aromatic heterocycles. The van der Waals surface area contributed by atoms with Crippen molar-refractivity contribution < 1.29 is 69.6 Å². The number of aliphatic hydroxyl groups excluding tert-OH is 9. The van der Waals surface area contributed by atoms with E-state index in [0.717, 1.165) is 0 Å². The molecule has 0 aromatic carbocycles. The zero-order valence-electron chi connectivity index (χ0n) is 16.4. The van der Waals surface area contributed by atoms with Gasteiger partial charge in [0.1, 0.15) is 67.1 Å². The molecule has 0 amide bonds. The maximum absolute atomic E-state index is 10.5. The van der Waals surface area contributed by atoms with Gasteiger partial charge in [-0.25, -0.2) is 0 Å². The second-order valence-corrected chi connectivity index (χ2v) is 7.77. The highest BCUT2D eigenvalue weighted by Gasteiger charge is 2.51. The minimum absolute atomic E-state index is 0.0971. The molecule has 3 aliphatic heterocycles. The Bertz CT molecular complexity index is 563. The monoisotopic (exact) mass is 458 g/mol. The summed E-state index contributed by atoms with van der Waals surface area (Å²) in [5.41, 5.74) is 0. The molecule has 14 heteroatoms. The predicted molar refractivity (Wildman–Crippen MR) is 94.1 cm³/mol. The van der Waals surface area contributed by atoms with E-state index in [-0.39, 0.29) is 13.2 Å². The van der Waals surface area contributed by atoms with E-state index in [0.29, 0.717) is 0 Å². The molecule has 6 unspecified atom stereocenters. The Hall–Kier alpha value is -0.560. The Kier molecular flexibility index (Phi) is 8.56. The van der Waals surface area contributed by atoms with Gasteiger partial charge in [0.25, 0.3) is 0 Å². The summed E-state index contributed by atoms with van der Waals surface area (Å²) < 4.78 is 26.6. The van der Waals surface area contributed by atoms with Crippen LogP contribution < -0.4 is 0 Å². The van der Waals surface area contributed by atoms with Gasteiger partial charge in [0.05, 0.1) is 26.4 Å². The van der Waals surface area contributed by atoms with Crippen molar-refractivity contribution in [2.24, 2.45) is 0 Å². The number of hydrogen-bond acceptors (Lipinski definition) is 14. The topological polar surface area (TPSA) is 228 Å². The molecule has 3 aliphatic rings. The standard InChI is InChI=1S/C17H30O14/c18-1-6-10(22)11(23)13(25)17(29-6)31-15-7(2-19)30-16(14(26)12(15)24)28-4-8-9(21)5(20)3-27-8/h5-26H,1-4H2/t5?,6?,7?,8-,9?,10+,11+,12-,13?,14?,15+,16-,17+/m1/s1. The van der Waals surface area contributed by atoms with Gasteiger partial charge in [0, 0.05) is 0 Å². The van der Waals surface area contributed by atoms with Crippen molar-refractivity contribution in [3.8, 4) is 0 Å². The predicted octanol–water partition coefficient (Wildman–Crippen LogP) is -6.25. The van der Waals surface area contributed by atoms with Crippen LogP contribution in [0.1, 0.15) is 0 Å². The van der Waals surface area contributed by atoms with Crippen molar-refractivity contribution in [1.29, 1.82) is 0 Å². The molecule has 0 aromatic rings. The summed E-state index contributed by atoms with van der Waals surface area (Å²) in [7, 11) is 0. The highest BCUT2D eigenvalue weighted by atomic mass is 16.7. The Morgan fingerprint density at radius 3 is 1.84 bits per heavy atom. The first-order valence-electron chi connectivity index (χ1n) is 9.87. The van der Waals surface area contributed by atoms with Crippen LogP contribution in [0.4, 0.5) is 0 Å². The maximum Gasteiger partial charge on any atom is 0.187 e. The van der Waals surface area contributed by atoms with E-state index in [1.807, 2.05) is 0 Å². The highest BCUT2D eigenvalue weighted by Crippen LogP contribution is 2.30. The average Bonchev–Trinajstić information content (AvgIpc) is 3.08. The lowest BCUT2D eigenvalue weighted by atomic mass is 9.97. The summed E-state index contributed by atoms with van der Waals surface area (Å²) in [6, 6.07) is 0. The van der Waals surface area contributed by atoms with Crippen molar-refractivity contribution in [2.45, 2.75) is 79.7 Å². The molecule has 0 bridgehead atoms. The molecule has 3 heterocycles. The number of rotatable bonds is 7. The third kappa shape index (κ3) is 5.18. The SMILES string of the molecule is OCC1O[C@@H](O[C@H]2C(CO)O[C@@H](OC[C@H]3OCC(O)C3O)C(O)[C@H]2O)C(O)[C@@H](O)[C@H]1O. The smallest absolute Gasteiger partial charge is 0.187 e. The average molecular weight is 458 g/mol. The van der Waals surface area contributed by atoms with E-state index < -0.39 is 92.9 Å². The summed E-state index contributed by atoms with van der Waals surface area (Å²) in [6.07, 6.45) is -18.7. The van der Waals surface area contributed by atoms with Crippen LogP contribution in [0.15, 0.2) is 0 Å². The summed E-state index contributed by atoms with van der Waals surface area (Å²) in [5, 5.41) is 88.8. The molecule has 3 fully saturated rings. The number of hydrogen-bond donors (Lipinski definition) is 9. The van der Waals surface area contributed by atoms with Gasteiger partial charge in [-0.2, -0.15) is 0 Å². The first-order chi connectivity index (χ1) is 14.7. The van der Waals surface area contributed by atoms with Crippen molar-refractivity contribution >= 4 is 0 Å². The molecular formula is C17H30O14. The van der Waals surface area contributed by atoms with Gasteiger partial charge in [-0.3, -0.25) is 0 Å². The van der Waals surface area contributed by atoms with E-state index in [9.17, 15) is 46.0 Å². The minimum atomic E-state index is -1.76. The fraction of sp³-hybridized carbons (Fsp3) is 1.00. The number of ether oxygens (including phenoxy) is 5. The molecule has 0 saturated carbocycles. The molecule has 13 atom stereocenters. The summed E-state index contributed by atoms with van der Waals surface area (Å²) in [4.78, 5) is 0. The lowest BCUT2D eigenvalue weighted by molar-refractivity contribution is -0.360. The summed E-state index contributed by atoms with van der Waals surface area (Å²) in [5.74, 6) is 0. The molecule has 14 nitrogen and oxygen atoms in total. The largest absolute Gasteiger partial charge is 0.394 e. The van der Waals surface area contributed by atoms with Crippen LogP contribution in [-0.2, 0) is 23.7 Å². The zero-order valence-corrected chi connectivity index (χ0v) is 16.4. The van der Waals surface area contributed by atoms with E-state index in [1.54, 1.807) is 0 Å². The molecule has 3 saturated heterocycles. The van der Waals surface area contributed by atoms with Gasteiger partial charge in [0.2, 0.25) is 0 Å². The van der Waals surface area contributed by atoms with E-state index in [1.165, 1.54) is 0 Å². The third-order valence-electron chi connectivity index (χ3n) is 5.64. The number of aliphatic hydroxyl groups is 9. The van der Waals surface area contributed by atoms with E-state index >= 15 is 0 Å². The van der Waals surface area contributed by atoms with Crippen molar-refractivity contribution in [1.82, 2.24) is 0 Å². The van der Waals surface area contributed by atoms with Gasteiger partial charge in [0.15, 0.2) is 12.6 Å². The van der Waals surface area contributed by atoms with Crippen molar-refractivity contribution in [3.05, 3.63) is 0 Å². The minimum Gasteiger partial charge on any atom is -0.394 e. The molecule has 0 aliphatic carbocycles. The zero-order chi connectivity index (χ0) is 22.9. The van der Waals surface area contributed by atoms with E-state index in [2.05, 4.69) is 0 Å². The van der Waals surface area contributed by atoms with Gasteiger partial charge in [-0.15, -0.1) is 0 Å². The van der Waals surface area contributed by atoms with Gasteiger partial charge >= 0.3 is 0 Å². The van der Waals surface area contributed by atoms with Crippen molar-refractivity contribution in [3.63, 3.8) is 0 Å². The van der Waals surface area contributed by atoms with Crippen LogP contribution in [0, 0.1) is 0 Å². The van der Waals surface area contributed by atoms with Gasteiger partial charge in [-0.1, -0.05) is 0 Å². The van der Waals surface area contributed by atoms with Crippen LogP contribution in [0.25, 0.3) is 0 Å². The second-order valence-electron chi connectivity index (χ2n) is 7.77. The quantitative estimate of drug-likeness (QED) is 0.173. The highest BCUT2D eigenvalue weighted by molar-refractivity contribution is 4.94. The molecule has 0 radical (unpaired) electrons. The normalized spacial score (nSPS) is 51.2. The second kappa shape index (κ2) is 10.6. The maximum atomic E-state index is 10.5. The van der Waals surface area contributed by atoms with Crippen LogP contribution >= 0.6 is 0 Å². The first-order valence-corrected chi connectivity index (χ1v) is 9.87. The van der Waals surface area contributed by atoms with Crippen LogP contribution in [0.5, 0.6) is 0 Å². The molecule has 182 valence electrons. The van der Waals surface area contributed by atoms with Gasteiger partial charge in [-0.05, 0) is 0 Å². The first kappa shape index (κ1) is 25.1. The fourth-order valence-corrected chi connectivity index (χ4v) is 3.70. The lowest BCUT2D eigenvalue weighted by Gasteiger charge is -2.46. The lowest BCUT2D eigenvalue weighted by Crippen LogP contribution is -2.64. The van der Waals surface area contributed by atoms with Crippen LogP contribution in [0.3, 0.4) is 0 Å². The Morgan fingerprint density at radius 1 is 0.645 bits per heavy atom. The van der Waals surface area contributed by atoms with Crippen LogP contribution in [-0.4, -0.2) is 152 Å². The molecular weight excluding hydrogens is 428 g/mol. The fourth-order valence-electron chi connectivity index (χ4n) is 3.70. The molecule has 9 N–H and O–H groups in total. The van der Waals surface area contributed by atoms with Gasteiger partial charge < -0.3 is 69.6 Å². The Balaban J connectivity index is 1.62. The third-order valence-corrected chi connectivity index (χ3v) is 5.64. The Labute approximate surface area is 176 Å². The van der Waals surface area contributed by atoms with E-state index in [4.69, 9.17) is 23.7 Å². The molecule has 0 spiro atoms. The molecule has 3 rings (SSSR count). The molecule has 31 heavy (non-hydrogen) atoms. The van der Waals surface area contributed by atoms with Crippen molar-refractivity contribution in [2.75, 3.05) is 26.4 Å². The Morgan fingerprint density at radius 2 is 1.26 bits per heavy atom.